The molecule has 3 rings (SSSR count). The van der Waals surface area contributed by atoms with Gasteiger partial charge in [-0.15, -0.1) is 5.54 Å². The molecule has 0 bridgehead atoms. The van der Waals surface area contributed by atoms with Gasteiger partial charge in [0.25, 0.3) is 0 Å². The van der Waals surface area contributed by atoms with Crippen molar-refractivity contribution < 1.29 is 14.6 Å². The van der Waals surface area contributed by atoms with Crippen LogP contribution in [0.5, 0.6) is 0 Å². The first-order valence-electron chi connectivity index (χ1n) is 10.4. The predicted octanol–water partition coefficient (Wildman–Crippen LogP) is 3.71. The van der Waals surface area contributed by atoms with Gasteiger partial charge in [-0.05, 0) is 65.7 Å². The molecule has 27 heavy (non-hydrogen) atoms. The molecule has 0 unspecified atom stereocenters. The molecule has 3 aliphatic rings. The zero-order valence-corrected chi connectivity index (χ0v) is 17.8. The van der Waals surface area contributed by atoms with Gasteiger partial charge >= 0.3 is 0 Å². The summed E-state index contributed by atoms with van der Waals surface area (Å²) in [5.74, 6) is 0.162. The monoisotopic (exact) mass is 377 g/mol. The zero-order chi connectivity index (χ0) is 20.1. The molecule has 0 radical (unpaired) electrons. The summed E-state index contributed by atoms with van der Waals surface area (Å²) >= 11 is 0. The average molecular weight is 378 g/mol. The highest BCUT2D eigenvalue weighted by Gasteiger charge is 2.59. The van der Waals surface area contributed by atoms with E-state index in [9.17, 15) is 9.90 Å². The van der Waals surface area contributed by atoms with Gasteiger partial charge < -0.3 is 20.5 Å². The quantitative estimate of drug-likeness (QED) is 0.567. The van der Waals surface area contributed by atoms with Gasteiger partial charge in [0.2, 0.25) is 6.41 Å². The number of rotatable bonds is 5. The molecule has 1 heterocycles. The van der Waals surface area contributed by atoms with E-state index in [4.69, 9.17) is 10.1 Å². The number of allylic oxidation sites excluding steroid dienone is 1. The van der Waals surface area contributed by atoms with Gasteiger partial charge in [-0.3, -0.25) is 4.79 Å². The fraction of sp³-hybridized carbons (Fsp3) is 0.864. The fourth-order valence-corrected chi connectivity index (χ4v) is 6.10. The lowest BCUT2D eigenvalue weighted by atomic mass is 9.53. The lowest BCUT2D eigenvalue weighted by Gasteiger charge is -2.63. The van der Waals surface area contributed by atoms with E-state index < -0.39 is 16.7 Å². The van der Waals surface area contributed by atoms with Gasteiger partial charge in [0.05, 0.1) is 22.8 Å². The predicted molar refractivity (Wildman–Crippen MR) is 108 cm³/mol. The van der Waals surface area contributed by atoms with E-state index in [1.54, 1.807) is 0 Å². The summed E-state index contributed by atoms with van der Waals surface area (Å²) in [5, 5.41) is 19.6. The highest BCUT2D eigenvalue weighted by atomic mass is 16.5. The summed E-state index contributed by atoms with van der Waals surface area (Å²) in [4.78, 5) is 11.0. The first-order chi connectivity index (χ1) is 12.5. The van der Waals surface area contributed by atoms with Crippen LogP contribution in [0.2, 0.25) is 0 Å². The van der Waals surface area contributed by atoms with Gasteiger partial charge in [0.1, 0.15) is 0 Å². The Labute approximate surface area is 164 Å². The van der Waals surface area contributed by atoms with Crippen LogP contribution in [0.1, 0.15) is 73.1 Å². The van der Waals surface area contributed by atoms with Crippen molar-refractivity contribution in [2.45, 2.75) is 102 Å². The van der Waals surface area contributed by atoms with Crippen LogP contribution in [-0.4, -0.2) is 46.9 Å². The van der Waals surface area contributed by atoms with Crippen LogP contribution >= 0.6 is 0 Å². The Kier molecular flexibility index (Phi) is 5.28. The van der Waals surface area contributed by atoms with Crippen LogP contribution in [0.25, 0.3) is 5.32 Å². The summed E-state index contributed by atoms with van der Waals surface area (Å²) in [7, 11) is 1.89. The Morgan fingerprint density at radius 3 is 2.59 bits per heavy atom. The van der Waals surface area contributed by atoms with Gasteiger partial charge in [0, 0.05) is 5.92 Å². The Morgan fingerprint density at radius 1 is 1.26 bits per heavy atom. The van der Waals surface area contributed by atoms with Crippen molar-refractivity contribution in [3.8, 4) is 0 Å². The minimum Gasteiger partial charge on any atom is -0.659 e. The van der Waals surface area contributed by atoms with Crippen LogP contribution in [-0.2, 0) is 9.53 Å². The van der Waals surface area contributed by atoms with Crippen LogP contribution in [0, 0.1) is 11.8 Å². The summed E-state index contributed by atoms with van der Waals surface area (Å²) in [5.41, 5.74) is -0.624. The molecule has 0 aromatic rings. The highest BCUT2D eigenvalue weighted by Crippen LogP contribution is 2.58. The van der Waals surface area contributed by atoms with Crippen LogP contribution < -0.4 is 5.32 Å². The molecule has 2 aliphatic carbocycles. The number of amides is 1. The van der Waals surface area contributed by atoms with E-state index in [1.165, 1.54) is 5.57 Å². The summed E-state index contributed by atoms with van der Waals surface area (Å²) in [6.07, 6.45) is 8.49. The van der Waals surface area contributed by atoms with Crippen molar-refractivity contribution in [2.75, 3.05) is 7.05 Å². The fourth-order valence-electron chi connectivity index (χ4n) is 6.10. The molecule has 5 nitrogen and oxygen atoms in total. The van der Waals surface area contributed by atoms with Gasteiger partial charge in [-0.2, -0.15) is 7.05 Å². The molecule has 0 aromatic carbocycles. The number of hydrogen-bond donors (Lipinski definition) is 2. The molecular formula is C22H37N2O3-. The van der Waals surface area contributed by atoms with Crippen LogP contribution in [0.3, 0.4) is 0 Å². The third-order valence-electron chi connectivity index (χ3n) is 7.91. The molecule has 154 valence electrons. The minimum atomic E-state index is -0.888. The Bertz CT molecular complexity index is 619. The molecule has 1 amide bonds. The molecule has 2 fully saturated rings. The lowest BCUT2D eigenvalue weighted by molar-refractivity contribution is -0.180. The third-order valence-corrected chi connectivity index (χ3v) is 7.91. The summed E-state index contributed by atoms with van der Waals surface area (Å²) < 4.78 is 6.62. The number of carbonyl (C=O) groups is 1. The average Bonchev–Trinajstić information content (AvgIpc) is 2.98. The molecule has 5 heteroatoms. The van der Waals surface area contributed by atoms with Crippen molar-refractivity contribution >= 4 is 6.41 Å². The van der Waals surface area contributed by atoms with Gasteiger partial charge in [-0.25, -0.2) is 0 Å². The topological polar surface area (TPSA) is 72.7 Å². The number of fused-ring (bicyclic) bond motifs is 1. The van der Waals surface area contributed by atoms with Gasteiger partial charge in [0.15, 0.2) is 0 Å². The Balaban J connectivity index is 1.92. The maximum absolute atomic E-state index is 12.0. The van der Waals surface area contributed by atoms with E-state index in [1.807, 2.05) is 20.9 Å². The number of aliphatic hydroxyl groups is 1. The van der Waals surface area contributed by atoms with Crippen molar-refractivity contribution in [1.29, 1.82) is 0 Å². The van der Waals surface area contributed by atoms with E-state index in [2.05, 4.69) is 32.2 Å². The number of nitrogens with one attached hydrogen (secondary N) is 1. The molecule has 6 atom stereocenters. The number of ether oxygens (including phenoxy) is 1. The van der Waals surface area contributed by atoms with E-state index in [0.29, 0.717) is 0 Å². The molecule has 1 aliphatic heterocycles. The van der Waals surface area contributed by atoms with Gasteiger partial charge in [-0.1, -0.05) is 25.0 Å². The molecule has 2 N–H and O–H groups in total. The molecular weight excluding hydrogens is 340 g/mol. The normalized spacial score (nSPS) is 45.1. The zero-order valence-electron chi connectivity index (χ0n) is 17.8. The van der Waals surface area contributed by atoms with Crippen molar-refractivity contribution in [3.05, 3.63) is 17.0 Å². The van der Waals surface area contributed by atoms with Crippen LogP contribution in [0.15, 0.2) is 11.6 Å². The Hall–Kier alpha value is -0.910. The lowest BCUT2D eigenvalue weighted by Crippen LogP contribution is -2.63. The van der Waals surface area contributed by atoms with Crippen molar-refractivity contribution in [1.82, 2.24) is 5.32 Å². The minimum absolute atomic E-state index is 0.0390. The molecule has 1 saturated heterocycles. The maximum atomic E-state index is 12.0. The SMILES string of the molecule is C[N-][C@]1(C)CC[C@@H]([C@]2(C)CC[C@H](C(C)(C)NC=O)O2)[C@]2(O)C=C(C)CC[C@@H]21. The van der Waals surface area contributed by atoms with E-state index in [-0.39, 0.29) is 23.5 Å². The van der Waals surface area contributed by atoms with Crippen molar-refractivity contribution in [2.24, 2.45) is 11.8 Å². The van der Waals surface area contributed by atoms with E-state index in [0.717, 1.165) is 44.9 Å². The number of hydrogen-bond acceptors (Lipinski definition) is 3. The smallest absolute Gasteiger partial charge is 0.207 e. The standard InChI is InChI=1S/C22H37N2O3/c1-15-7-8-16-20(4,23-6)11-9-17(22(16,26)13-15)21(5)12-10-18(27-21)19(2,3)24-14-25/h13-14,16-18,26H,7-12H2,1-6H3,(H,24,25)/q-1/t16-,17+,18-,20-,21+,22+/m1/s1. The summed E-state index contributed by atoms with van der Waals surface area (Å²) in [6.45, 7) is 10.5. The first kappa shape index (κ1) is 20.8. The molecule has 0 spiro atoms. The largest absolute Gasteiger partial charge is 0.659 e. The second-order valence-electron chi connectivity index (χ2n) is 10.1. The maximum Gasteiger partial charge on any atom is 0.207 e. The number of carbonyl (C=O) groups excluding carboxylic acids is 1. The van der Waals surface area contributed by atoms with Crippen molar-refractivity contribution in [3.63, 3.8) is 0 Å². The van der Waals surface area contributed by atoms with Crippen LogP contribution in [0.4, 0.5) is 0 Å². The third kappa shape index (κ3) is 3.36. The molecule has 1 saturated carbocycles. The van der Waals surface area contributed by atoms with E-state index >= 15 is 0 Å². The summed E-state index contributed by atoms with van der Waals surface area (Å²) in [6, 6.07) is 0. The highest BCUT2D eigenvalue weighted by molar-refractivity contribution is 5.48. The Morgan fingerprint density at radius 2 is 1.96 bits per heavy atom. The second-order valence-corrected chi connectivity index (χ2v) is 10.1. The second kappa shape index (κ2) is 6.85. The first-order valence-corrected chi connectivity index (χ1v) is 10.4. The number of nitrogens with zero attached hydrogens (tertiary/aromatic N) is 1. The molecule has 0 aromatic heterocycles.